The van der Waals surface area contributed by atoms with Crippen LogP contribution in [-0.2, 0) is 9.57 Å². The Labute approximate surface area is 104 Å². The zero-order valence-corrected chi connectivity index (χ0v) is 10.1. The first kappa shape index (κ1) is 12.1. The molecular weight excluding hydrogens is 234 g/mol. The van der Waals surface area contributed by atoms with E-state index in [0.29, 0.717) is 5.82 Å². The van der Waals surface area contributed by atoms with E-state index < -0.39 is 6.16 Å². The highest BCUT2D eigenvalue weighted by Gasteiger charge is 2.08. The zero-order chi connectivity index (χ0) is 13.0. The predicted molar refractivity (Wildman–Crippen MR) is 66.0 cm³/mol. The van der Waals surface area contributed by atoms with Crippen LogP contribution in [0, 0.1) is 6.92 Å². The molecule has 0 aliphatic carbocycles. The van der Waals surface area contributed by atoms with Crippen LogP contribution in [0.1, 0.15) is 12.6 Å². The summed E-state index contributed by atoms with van der Waals surface area (Å²) < 4.78 is 4.63. The van der Waals surface area contributed by atoms with Crippen molar-refractivity contribution in [2.75, 3.05) is 12.1 Å². The van der Waals surface area contributed by atoms with Gasteiger partial charge in [-0.2, -0.15) is 10.6 Å². The average Bonchev–Trinajstić information content (AvgIpc) is 2.39. The Morgan fingerprint density at radius 1 is 1.28 bits per heavy atom. The molecule has 0 amide bonds. The van der Waals surface area contributed by atoms with Gasteiger partial charge < -0.3 is 9.57 Å². The van der Waals surface area contributed by atoms with E-state index in [4.69, 9.17) is 4.84 Å². The molecule has 0 radical (unpaired) electrons. The van der Waals surface area contributed by atoms with E-state index in [9.17, 15) is 4.79 Å². The van der Waals surface area contributed by atoms with Crippen molar-refractivity contribution in [3.8, 4) is 0 Å². The number of carbonyl (C=O) groups is 1. The Bertz CT molecular complexity index is 571. The van der Waals surface area contributed by atoms with Gasteiger partial charge in [-0.25, -0.2) is 4.79 Å². The topological polar surface area (TPSA) is 73.3 Å². The van der Waals surface area contributed by atoms with E-state index in [0.717, 1.165) is 16.5 Å². The first-order chi connectivity index (χ1) is 8.72. The van der Waals surface area contributed by atoms with Gasteiger partial charge in [0, 0.05) is 10.8 Å². The van der Waals surface area contributed by atoms with E-state index in [1.54, 1.807) is 6.92 Å². The molecule has 0 aliphatic heterocycles. The largest absolute Gasteiger partial charge is 0.533 e. The van der Waals surface area contributed by atoms with E-state index in [1.807, 2.05) is 31.2 Å². The number of carbonyl (C=O) groups excluding carboxylic acids is 1. The minimum atomic E-state index is -0.802. The molecule has 1 aromatic carbocycles. The molecular formula is C12H13N3O3. The van der Waals surface area contributed by atoms with Gasteiger partial charge in [0.1, 0.15) is 0 Å². The number of ether oxygens (including phenoxy) is 1. The predicted octanol–water partition coefficient (Wildman–Crippen LogP) is 2.44. The second-order valence-electron chi connectivity index (χ2n) is 3.57. The van der Waals surface area contributed by atoms with Crippen molar-refractivity contribution in [1.29, 1.82) is 0 Å². The molecule has 1 heterocycles. The van der Waals surface area contributed by atoms with Gasteiger partial charge in [0.05, 0.1) is 12.3 Å². The van der Waals surface area contributed by atoms with Crippen LogP contribution < -0.4 is 5.48 Å². The molecule has 1 N–H and O–H groups in total. The third kappa shape index (κ3) is 2.48. The first-order valence-corrected chi connectivity index (χ1v) is 5.54. The number of nitrogens with zero attached hydrogens (tertiary/aromatic N) is 2. The Kier molecular flexibility index (Phi) is 3.57. The molecule has 2 aromatic rings. The summed E-state index contributed by atoms with van der Waals surface area (Å²) >= 11 is 0. The molecule has 0 atom stereocenters. The minimum Gasteiger partial charge on any atom is -0.433 e. The monoisotopic (exact) mass is 247 g/mol. The number of benzene rings is 1. The second kappa shape index (κ2) is 5.31. The third-order valence-corrected chi connectivity index (χ3v) is 2.37. The summed E-state index contributed by atoms with van der Waals surface area (Å²) in [7, 11) is 0. The summed E-state index contributed by atoms with van der Waals surface area (Å²) in [6.45, 7) is 3.81. The van der Waals surface area contributed by atoms with Crippen LogP contribution in [0.25, 0.3) is 10.8 Å². The third-order valence-electron chi connectivity index (χ3n) is 2.37. The molecule has 94 valence electrons. The van der Waals surface area contributed by atoms with Gasteiger partial charge in [-0.15, -0.1) is 5.10 Å². The van der Waals surface area contributed by atoms with E-state index in [1.165, 1.54) is 0 Å². The molecule has 6 nitrogen and oxygen atoms in total. The lowest BCUT2D eigenvalue weighted by Gasteiger charge is -2.08. The summed E-state index contributed by atoms with van der Waals surface area (Å²) in [5, 5.41) is 9.71. The molecule has 0 aliphatic rings. The van der Waals surface area contributed by atoms with E-state index in [2.05, 4.69) is 20.4 Å². The number of aromatic nitrogens is 2. The van der Waals surface area contributed by atoms with E-state index >= 15 is 0 Å². The summed E-state index contributed by atoms with van der Waals surface area (Å²) in [5.74, 6) is 0.379. The minimum absolute atomic E-state index is 0.251. The van der Waals surface area contributed by atoms with Crippen molar-refractivity contribution in [1.82, 2.24) is 10.2 Å². The molecule has 0 bridgehead atoms. The number of hydrogen-bond donors (Lipinski definition) is 1. The fourth-order valence-corrected chi connectivity index (χ4v) is 1.55. The van der Waals surface area contributed by atoms with Gasteiger partial charge >= 0.3 is 6.16 Å². The van der Waals surface area contributed by atoms with Crippen molar-refractivity contribution in [2.45, 2.75) is 13.8 Å². The van der Waals surface area contributed by atoms with Crippen molar-refractivity contribution in [2.24, 2.45) is 0 Å². The van der Waals surface area contributed by atoms with Gasteiger partial charge in [0.15, 0.2) is 5.82 Å². The highest BCUT2D eigenvalue weighted by atomic mass is 16.8. The van der Waals surface area contributed by atoms with Crippen LogP contribution in [0.2, 0.25) is 0 Å². The highest BCUT2D eigenvalue weighted by molar-refractivity contribution is 5.92. The zero-order valence-electron chi connectivity index (χ0n) is 10.1. The maximum atomic E-state index is 11.1. The Morgan fingerprint density at radius 3 is 2.72 bits per heavy atom. The normalized spacial score (nSPS) is 10.1. The maximum absolute atomic E-state index is 11.1. The number of rotatable bonds is 3. The molecule has 0 saturated heterocycles. The lowest BCUT2D eigenvalue weighted by Crippen LogP contribution is -2.13. The Balaban J connectivity index is 2.24. The van der Waals surface area contributed by atoms with Crippen molar-refractivity contribution in [3.63, 3.8) is 0 Å². The second-order valence-corrected chi connectivity index (χ2v) is 3.57. The smallest absolute Gasteiger partial charge is 0.433 e. The van der Waals surface area contributed by atoms with Gasteiger partial charge in [-0.3, -0.25) is 0 Å². The lowest BCUT2D eigenvalue weighted by molar-refractivity contribution is 0.0759. The van der Waals surface area contributed by atoms with Crippen molar-refractivity contribution >= 4 is 22.7 Å². The Morgan fingerprint density at radius 2 is 2.00 bits per heavy atom. The van der Waals surface area contributed by atoms with Gasteiger partial charge in [-0.1, -0.05) is 24.3 Å². The average molecular weight is 247 g/mol. The summed E-state index contributed by atoms with van der Waals surface area (Å²) in [6.07, 6.45) is -0.802. The SMILES string of the molecule is CCOC(=O)ONc1nnc(C)c2ccccc12. The molecule has 0 spiro atoms. The molecule has 1 aromatic heterocycles. The first-order valence-electron chi connectivity index (χ1n) is 5.54. The number of anilines is 1. The molecule has 0 fully saturated rings. The van der Waals surface area contributed by atoms with Gasteiger partial charge in [0.2, 0.25) is 0 Å². The number of nitrogens with one attached hydrogen (secondary N) is 1. The van der Waals surface area contributed by atoms with Crippen LogP contribution in [0.15, 0.2) is 24.3 Å². The molecule has 2 rings (SSSR count). The molecule has 18 heavy (non-hydrogen) atoms. The van der Waals surface area contributed by atoms with Crippen LogP contribution in [0.5, 0.6) is 0 Å². The van der Waals surface area contributed by atoms with Crippen LogP contribution in [0.4, 0.5) is 10.6 Å². The number of aryl methyl sites for hydroxylation is 1. The number of fused-ring (bicyclic) bond motifs is 1. The summed E-state index contributed by atoms with van der Waals surface area (Å²) in [5.41, 5.74) is 3.26. The fourth-order valence-electron chi connectivity index (χ4n) is 1.55. The highest BCUT2D eigenvalue weighted by Crippen LogP contribution is 2.22. The molecule has 0 saturated carbocycles. The van der Waals surface area contributed by atoms with Crippen molar-refractivity contribution in [3.05, 3.63) is 30.0 Å². The number of hydrogen-bond acceptors (Lipinski definition) is 6. The van der Waals surface area contributed by atoms with Gasteiger partial charge in [-0.05, 0) is 13.8 Å². The fraction of sp³-hybridized carbons (Fsp3) is 0.250. The Hall–Kier alpha value is -2.37. The maximum Gasteiger partial charge on any atom is 0.533 e. The summed E-state index contributed by atoms with van der Waals surface area (Å²) in [4.78, 5) is 15.8. The van der Waals surface area contributed by atoms with Gasteiger partial charge in [0.25, 0.3) is 0 Å². The van der Waals surface area contributed by atoms with Crippen LogP contribution >= 0.6 is 0 Å². The van der Waals surface area contributed by atoms with Crippen molar-refractivity contribution < 1.29 is 14.4 Å². The molecule has 0 unspecified atom stereocenters. The summed E-state index contributed by atoms with van der Waals surface area (Å²) in [6, 6.07) is 7.58. The standard InChI is InChI=1S/C12H13N3O3/c1-3-17-12(16)18-15-11-10-7-5-4-6-9(10)8(2)13-14-11/h4-7H,3H2,1-2H3,(H,14,15). The lowest BCUT2D eigenvalue weighted by atomic mass is 10.1. The van der Waals surface area contributed by atoms with Crippen LogP contribution in [-0.4, -0.2) is 23.0 Å². The van der Waals surface area contributed by atoms with Crippen LogP contribution in [0.3, 0.4) is 0 Å². The quantitative estimate of drug-likeness (QED) is 0.663. The molecule has 6 heteroatoms. The van der Waals surface area contributed by atoms with E-state index in [-0.39, 0.29) is 6.61 Å².